The molecule has 0 saturated carbocycles. The zero-order valence-electron chi connectivity index (χ0n) is 12.9. The maximum atomic E-state index is 13.7. The highest BCUT2D eigenvalue weighted by Crippen LogP contribution is 2.28. The first-order valence-electron chi connectivity index (χ1n) is 7.08. The molecule has 0 fully saturated rings. The fourth-order valence-corrected chi connectivity index (χ4v) is 2.42. The molecule has 0 spiro atoms. The summed E-state index contributed by atoms with van der Waals surface area (Å²) in [6.45, 7) is 3.38. The molecule has 3 rings (SSSR count). The van der Waals surface area contributed by atoms with E-state index in [1.165, 1.54) is 12.1 Å². The second-order valence-electron chi connectivity index (χ2n) is 5.33. The van der Waals surface area contributed by atoms with Gasteiger partial charge in [-0.05, 0) is 43.7 Å². The lowest BCUT2D eigenvalue weighted by Gasteiger charge is -2.10. The van der Waals surface area contributed by atoms with Crippen molar-refractivity contribution in [1.29, 1.82) is 0 Å². The molecule has 0 amide bonds. The predicted octanol–water partition coefficient (Wildman–Crippen LogP) is 3.91. The molecule has 0 N–H and O–H groups in total. The Morgan fingerprint density at radius 2 is 1.83 bits per heavy atom. The van der Waals surface area contributed by atoms with Crippen LogP contribution < -0.4 is 10.4 Å². The van der Waals surface area contributed by atoms with Gasteiger partial charge < -0.3 is 9.15 Å². The largest absolute Gasteiger partial charge is 0.422 e. The van der Waals surface area contributed by atoms with Gasteiger partial charge in [0.2, 0.25) is 0 Å². The van der Waals surface area contributed by atoms with E-state index < -0.39 is 23.2 Å². The van der Waals surface area contributed by atoms with E-state index in [0.29, 0.717) is 22.6 Å². The number of hydrogen-bond donors (Lipinski definition) is 0. The van der Waals surface area contributed by atoms with Crippen LogP contribution >= 0.6 is 0 Å². The quantitative estimate of drug-likeness (QED) is 0.406. The second kappa shape index (κ2) is 5.88. The summed E-state index contributed by atoms with van der Waals surface area (Å²) in [5.41, 5.74) is 0.554. The van der Waals surface area contributed by atoms with Gasteiger partial charge in [0, 0.05) is 23.1 Å². The van der Waals surface area contributed by atoms with Gasteiger partial charge in [-0.1, -0.05) is 0 Å². The normalized spacial score (nSPS) is 10.8. The highest BCUT2D eigenvalue weighted by atomic mass is 19.1. The molecular weight excluding hydrogens is 318 g/mol. The minimum atomic E-state index is -1.01. The molecule has 24 heavy (non-hydrogen) atoms. The van der Waals surface area contributed by atoms with Crippen LogP contribution in [0.25, 0.3) is 11.0 Å². The average Bonchev–Trinajstić information content (AvgIpc) is 2.50. The topological polar surface area (TPSA) is 56.5 Å². The lowest BCUT2D eigenvalue weighted by molar-refractivity contribution is 0.0728. The number of carbonyl (C=O) groups excluding carboxylic acids is 1. The van der Waals surface area contributed by atoms with Crippen LogP contribution in [0.15, 0.2) is 45.6 Å². The Morgan fingerprint density at radius 3 is 2.54 bits per heavy atom. The number of rotatable bonds is 2. The van der Waals surface area contributed by atoms with E-state index in [4.69, 9.17) is 9.15 Å². The lowest BCUT2D eigenvalue weighted by Crippen LogP contribution is -2.12. The van der Waals surface area contributed by atoms with Gasteiger partial charge in [-0.25, -0.2) is 18.4 Å². The van der Waals surface area contributed by atoms with Crippen molar-refractivity contribution in [2.75, 3.05) is 0 Å². The molecule has 2 aromatic carbocycles. The number of ether oxygens (including phenoxy) is 1. The van der Waals surface area contributed by atoms with Gasteiger partial charge in [0.05, 0.1) is 5.56 Å². The van der Waals surface area contributed by atoms with Crippen molar-refractivity contribution in [3.05, 3.63) is 75.1 Å². The molecule has 0 aliphatic heterocycles. The van der Waals surface area contributed by atoms with E-state index in [2.05, 4.69) is 0 Å². The van der Waals surface area contributed by atoms with Crippen LogP contribution in [0, 0.1) is 25.5 Å². The summed E-state index contributed by atoms with van der Waals surface area (Å²) < 4.78 is 36.9. The van der Waals surface area contributed by atoms with Crippen molar-refractivity contribution in [3.8, 4) is 5.75 Å². The monoisotopic (exact) mass is 330 g/mol. The van der Waals surface area contributed by atoms with Crippen LogP contribution in [-0.2, 0) is 0 Å². The number of aryl methyl sites for hydroxylation is 2. The summed E-state index contributed by atoms with van der Waals surface area (Å²) in [5.74, 6) is -2.64. The standard InChI is InChI=1S/C18H12F2O4/c1-9-7-16(21)24-17-10(2)15(6-5-12(9)17)23-18(22)13-4-3-11(19)8-14(13)20/h3-8H,1-2H3. The third-order valence-corrected chi connectivity index (χ3v) is 3.67. The van der Waals surface area contributed by atoms with E-state index in [9.17, 15) is 18.4 Å². The molecule has 0 unspecified atom stereocenters. The predicted molar refractivity (Wildman–Crippen MR) is 83.3 cm³/mol. The summed E-state index contributed by atoms with van der Waals surface area (Å²) in [5, 5.41) is 0.708. The molecule has 1 heterocycles. The van der Waals surface area contributed by atoms with E-state index >= 15 is 0 Å². The number of hydrogen-bond acceptors (Lipinski definition) is 4. The van der Waals surface area contributed by atoms with Crippen LogP contribution in [0.1, 0.15) is 21.5 Å². The van der Waals surface area contributed by atoms with Crippen LogP contribution in [0.5, 0.6) is 5.75 Å². The highest BCUT2D eigenvalue weighted by molar-refractivity contribution is 5.92. The Morgan fingerprint density at radius 1 is 1.08 bits per heavy atom. The molecule has 0 radical (unpaired) electrons. The molecular formula is C18H12F2O4. The number of esters is 1. The van der Waals surface area contributed by atoms with Crippen LogP contribution in [0.3, 0.4) is 0 Å². The molecule has 4 nitrogen and oxygen atoms in total. The zero-order valence-corrected chi connectivity index (χ0v) is 12.9. The summed E-state index contributed by atoms with van der Waals surface area (Å²) in [6.07, 6.45) is 0. The van der Waals surface area contributed by atoms with Crippen molar-refractivity contribution in [2.45, 2.75) is 13.8 Å². The summed E-state index contributed by atoms with van der Waals surface area (Å²) in [6, 6.07) is 7.12. The summed E-state index contributed by atoms with van der Waals surface area (Å²) >= 11 is 0. The maximum absolute atomic E-state index is 13.7. The Hall–Kier alpha value is -3.02. The first-order chi connectivity index (χ1) is 11.4. The lowest BCUT2D eigenvalue weighted by atomic mass is 10.1. The molecule has 122 valence electrons. The zero-order chi connectivity index (χ0) is 17.4. The Kier molecular flexibility index (Phi) is 3.89. The molecule has 0 saturated heterocycles. The highest BCUT2D eigenvalue weighted by Gasteiger charge is 2.17. The van der Waals surface area contributed by atoms with Gasteiger partial charge in [0.1, 0.15) is 23.0 Å². The van der Waals surface area contributed by atoms with Crippen molar-refractivity contribution in [1.82, 2.24) is 0 Å². The fourth-order valence-electron chi connectivity index (χ4n) is 2.42. The summed E-state index contributed by atoms with van der Waals surface area (Å²) in [7, 11) is 0. The van der Waals surface area contributed by atoms with Crippen LogP contribution in [0.2, 0.25) is 0 Å². The van der Waals surface area contributed by atoms with E-state index in [-0.39, 0.29) is 11.3 Å². The van der Waals surface area contributed by atoms with Gasteiger partial charge >= 0.3 is 11.6 Å². The first-order valence-corrected chi connectivity index (χ1v) is 7.08. The maximum Gasteiger partial charge on any atom is 0.346 e. The fraction of sp³-hybridized carbons (Fsp3) is 0.111. The van der Waals surface area contributed by atoms with E-state index in [1.54, 1.807) is 19.9 Å². The van der Waals surface area contributed by atoms with Gasteiger partial charge in [0.25, 0.3) is 0 Å². The molecule has 3 aromatic rings. The summed E-state index contributed by atoms with van der Waals surface area (Å²) in [4.78, 5) is 23.6. The number of fused-ring (bicyclic) bond motifs is 1. The molecule has 0 aliphatic rings. The minimum Gasteiger partial charge on any atom is -0.422 e. The minimum absolute atomic E-state index is 0.130. The van der Waals surface area contributed by atoms with Crippen molar-refractivity contribution in [2.24, 2.45) is 0 Å². The Labute approximate surface area is 135 Å². The molecule has 0 bridgehead atoms. The van der Waals surface area contributed by atoms with Gasteiger partial charge in [-0.15, -0.1) is 0 Å². The van der Waals surface area contributed by atoms with E-state index in [1.807, 2.05) is 0 Å². The number of halogens is 2. The smallest absolute Gasteiger partial charge is 0.346 e. The third kappa shape index (κ3) is 2.78. The van der Waals surface area contributed by atoms with Gasteiger partial charge in [-0.3, -0.25) is 0 Å². The van der Waals surface area contributed by atoms with E-state index in [0.717, 1.165) is 17.7 Å². The molecule has 1 aromatic heterocycles. The van der Waals surface area contributed by atoms with Crippen molar-refractivity contribution < 1.29 is 22.7 Å². The van der Waals surface area contributed by atoms with Crippen molar-refractivity contribution >= 4 is 16.9 Å². The number of benzene rings is 2. The number of carbonyl (C=O) groups is 1. The van der Waals surface area contributed by atoms with Crippen molar-refractivity contribution in [3.63, 3.8) is 0 Å². The second-order valence-corrected chi connectivity index (χ2v) is 5.33. The van der Waals surface area contributed by atoms with Gasteiger partial charge in [0.15, 0.2) is 0 Å². The Bertz CT molecular complexity index is 1020. The van der Waals surface area contributed by atoms with Crippen LogP contribution in [0.4, 0.5) is 8.78 Å². The third-order valence-electron chi connectivity index (χ3n) is 3.67. The molecule has 0 aliphatic carbocycles. The average molecular weight is 330 g/mol. The SMILES string of the molecule is Cc1cc(=O)oc2c(C)c(OC(=O)c3ccc(F)cc3F)ccc12. The Balaban J connectivity index is 2.02. The van der Waals surface area contributed by atoms with Gasteiger partial charge in [-0.2, -0.15) is 0 Å². The molecule has 6 heteroatoms. The molecule has 0 atom stereocenters. The van der Waals surface area contributed by atoms with Crippen LogP contribution in [-0.4, -0.2) is 5.97 Å². The first kappa shape index (κ1) is 15.9.